The number of hydrogen-bond donors (Lipinski definition) is 0. The van der Waals surface area contributed by atoms with E-state index >= 15 is 0 Å². The van der Waals surface area contributed by atoms with Crippen LogP contribution < -0.4 is 4.74 Å². The van der Waals surface area contributed by atoms with Crippen molar-refractivity contribution < 1.29 is 13.9 Å². The number of rotatable bonds is 3. The maximum atomic E-state index is 12.3. The fraction of sp³-hybridized carbons (Fsp3) is 0.222. The molecule has 0 aliphatic carbocycles. The Morgan fingerprint density at radius 1 is 1.62 bits per heavy atom. The second kappa shape index (κ2) is 4.38. The lowest BCUT2D eigenvalue weighted by atomic mass is 10.2. The number of methoxy groups -OCH3 is 1. The van der Waals surface area contributed by atoms with Crippen molar-refractivity contribution >= 4 is 11.8 Å². The van der Waals surface area contributed by atoms with Crippen molar-refractivity contribution in [2.45, 2.75) is 6.67 Å². The van der Waals surface area contributed by atoms with Crippen LogP contribution in [-0.2, 0) is 11.5 Å². The molecule has 0 N–H and O–H groups in total. The van der Waals surface area contributed by atoms with Crippen LogP contribution >= 0.6 is 0 Å². The molecule has 0 saturated carbocycles. The van der Waals surface area contributed by atoms with Crippen LogP contribution in [-0.4, -0.2) is 13.2 Å². The quantitative estimate of drug-likeness (QED) is 0.529. The highest BCUT2D eigenvalue weighted by Crippen LogP contribution is 2.25. The molecular weight excluding hydrogens is 173 g/mol. The van der Waals surface area contributed by atoms with E-state index in [1.807, 2.05) is 0 Å². The Morgan fingerprint density at radius 2 is 2.38 bits per heavy atom. The third-order valence-corrected chi connectivity index (χ3v) is 1.59. The van der Waals surface area contributed by atoms with Crippen molar-refractivity contribution in [1.29, 1.82) is 0 Å². The molecular formula is C9H8FNO2. The monoisotopic (exact) mass is 181 g/mol. The normalized spacial score (nSPS) is 9.08. The van der Waals surface area contributed by atoms with Crippen LogP contribution in [0.15, 0.2) is 23.2 Å². The average Bonchev–Trinajstić information content (AvgIpc) is 2.18. The summed E-state index contributed by atoms with van der Waals surface area (Å²) in [5, 5.41) is 0. The van der Waals surface area contributed by atoms with Crippen LogP contribution in [0.3, 0.4) is 0 Å². The average molecular weight is 181 g/mol. The van der Waals surface area contributed by atoms with Gasteiger partial charge in [-0.15, -0.1) is 0 Å². The van der Waals surface area contributed by atoms with E-state index in [9.17, 15) is 9.18 Å². The second-order valence-electron chi connectivity index (χ2n) is 2.33. The number of carbonyl (C=O) groups excluding carboxylic acids is 1. The van der Waals surface area contributed by atoms with Gasteiger partial charge in [0.1, 0.15) is 12.4 Å². The van der Waals surface area contributed by atoms with Gasteiger partial charge in [-0.25, -0.2) is 9.18 Å². The highest BCUT2D eigenvalue weighted by atomic mass is 19.1. The Balaban J connectivity index is 3.12. The van der Waals surface area contributed by atoms with Gasteiger partial charge < -0.3 is 4.74 Å². The van der Waals surface area contributed by atoms with Gasteiger partial charge in [-0.2, -0.15) is 4.99 Å². The Labute approximate surface area is 74.9 Å². The van der Waals surface area contributed by atoms with E-state index in [1.54, 1.807) is 0 Å². The number of benzene rings is 1. The van der Waals surface area contributed by atoms with Crippen molar-refractivity contribution in [3.8, 4) is 5.75 Å². The Bertz CT molecular complexity index is 345. The zero-order chi connectivity index (χ0) is 9.68. The van der Waals surface area contributed by atoms with Gasteiger partial charge in [0.05, 0.1) is 12.8 Å². The SMILES string of the molecule is COc1cc(N=C=O)ccc1CF. The first-order valence-electron chi connectivity index (χ1n) is 3.62. The van der Waals surface area contributed by atoms with Crippen molar-refractivity contribution in [1.82, 2.24) is 0 Å². The molecule has 0 fully saturated rings. The lowest BCUT2D eigenvalue weighted by Gasteiger charge is -2.04. The van der Waals surface area contributed by atoms with E-state index in [2.05, 4.69) is 4.99 Å². The Hall–Kier alpha value is -1.67. The summed E-state index contributed by atoms with van der Waals surface area (Å²) in [6.45, 7) is -0.603. The van der Waals surface area contributed by atoms with Gasteiger partial charge in [-0.1, -0.05) is 6.07 Å². The van der Waals surface area contributed by atoms with Crippen LogP contribution in [0.25, 0.3) is 0 Å². The molecule has 0 heterocycles. The van der Waals surface area contributed by atoms with E-state index in [4.69, 9.17) is 4.74 Å². The summed E-state index contributed by atoms with van der Waals surface area (Å²) in [5.74, 6) is 0.388. The Morgan fingerprint density at radius 3 is 2.92 bits per heavy atom. The van der Waals surface area contributed by atoms with Crippen molar-refractivity contribution in [3.63, 3.8) is 0 Å². The van der Waals surface area contributed by atoms with Gasteiger partial charge in [0.25, 0.3) is 0 Å². The van der Waals surface area contributed by atoms with E-state index in [0.29, 0.717) is 17.0 Å². The van der Waals surface area contributed by atoms with Crippen molar-refractivity contribution in [3.05, 3.63) is 23.8 Å². The first kappa shape index (κ1) is 9.42. The van der Waals surface area contributed by atoms with Crippen molar-refractivity contribution in [2.24, 2.45) is 4.99 Å². The van der Waals surface area contributed by atoms with Crippen LogP contribution in [0.5, 0.6) is 5.75 Å². The molecule has 0 saturated heterocycles. The zero-order valence-corrected chi connectivity index (χ0v) is 7.08. The number of alkyl halides is 1. The molecule has 1 aromatic rings. The summed E-state index contributed by atoms with van der Waals surface area (Å²) < 4.78 is 17.2. The first-order valence-corrected chi connectivity index (χ1v) is 3.62. The van der Waals surface area contributed by atoms with E-state index in [1.165, 1.54) is 31.4 Å². The first-order chi connectivity index (χ1) is 6.31. The fourth-order valence-corrected chi connectivity index (χ4v) is 0.966. The predicted octanol–water partition coefficient (Wildman–Crippen LogP) is 2.13. The zero-order valence-electron chi connectivity index (χ0n) is 7.08. The fourth-order valence-electron chi connectivity index (χ4n) is 0.966. The summed E-state index contributed by atoms with van der Waals surface area (Å²) in [4.78, 5) is 13.3. The van der Waals surface area contributed by atoms with E-state index < -0.39 is 6.67 Å². The minimum Gasteiger partial charge on any atom is -0.496 e. The van der Waals surface area contributed by atoms with Crippen molar-refractivity contribution in [2.75, 3.05) is 7.11 Å². The summed E-state index contributed by atoms with van der Waals surface area (Å²) in [6.07, 6.45) is 1.40. The van der Waals surface area contributed by atoms with Gasteiger partial charge in [0, 0.05) is 11.6 Å². The second-order valence-corrected chi connectivity index (χ2v) is 2.33. The molecule has 0 aliphatic heterocycles. The molecule has 3 nitrogen and oxygen atoms in total. The molecule has 13 heavy (non-hydrogen) atoms. The maximum absolute atomic E-state index is 12.3. The van der Waals surface area contributed by atoms with Gasteiger partial charge in [-0.3, -0.25) is 0 Å². The maximum Gasteiger partial charge on any atom is 0.240 e. The molecule has 0 aliphatic rings. The van der Waals surface area contributed by atoms with Crippen LogP contribution in [0.2, 0.25) is 0 Å². The van der Waals surface area contributed by atoms with Gasteiger partial charge in [0.15, 0.2) is 0 Å². The Kier molecular flexibility index (Phi) is 3.17. The largest absolute Gasteiger partial charge is 0.496 e. The smallest absolute Gasteiger partial charge is 0.240 e. The number of nitrogens with zero attached hydrogens (tertiary/aromatic N) is 1. The van der Waals surface area contributed by atoms with Gasteiger partial charge >= 0.3 is 0 Å². The minimum absolute atomic E-state index is 0.388. The molecule has 0 amide bonds. The number of halogens is 1. The minimum atomic E-state index is -0.603. The molecule has 68 valence electrons. The predicted molar refractivity (Wildman–Crippen MR) is 45.6 cm³/mol. The summed E-state index contributed by atoms with van der Waals surface area (Å²) in [7, 11) is 1.43. The molecule has 1 aromatic carbocycles. The number of isocyanates is 1. The molecule has 0 atom stereocenters. The topological polar surface area (TPSA) is 38.7 Å². The summed E-state index contributed by atoms with van der Waals surface area (Å²) in [5.41, 5.74) is 0.844. The standard InChI is InChI=1S/C9H8FNO2/c1-13-9-4-8(11-6-12)3-2-7(9)5-10/h2-4H,5H2,1H3. The summed E-state index contributed by atoms with van der Waals surface area (Å²) in [6, 6.07) is 4.54. The summed E-state index contributed by atoms with van der Waals surface area (Å²) >= 11 is 0. The van der Waals surface area contributed by atoms with Crippen LogP contribution in [0.1, 0.15) is 5.56 Å². The van der Waals surface area contributed by atoms with Gasteiger partial charge in [0.2, 0.25) is 6.08 Å². The third-order valence-electron chi connectivity index (χ3n) is 1.59. The molecule has 0 radical (unpaired) electrons. The highest BCUT2D eigenvalue weighted by Gasteiger charge is 2.02. The number of hydrogen-bond acceptors (Lipinski definition) is 3. The molecule has 0 spiro atoms. The van der Waals surface area contributed by atoms with Gasteiger partial charge in [-0.05, 0) is 6.07 Å². The third kappa shape index (κ3) is 2.13. The van der Waals surface area contributed by atoms with E-state index in [0.717, 1.165) is 0 Å². The van der Waals surface area contributed by atoms with Crippen LogP contribution in [0, 0.1) is 0 Å². The lowest BCUT2D eigenvalue weighted by molar-refractivity contribution is 0.394. The molecule has 4 heteroatoms. The molecule has 0 aromatic heterocycles. The van der Waals surface area contributed by atoms with Crippen LogP contribution in [0.4, 0.5) is 10.1 Å². The molecule has 0 bridgehead atoms. The lowest BCUT2D eigenvalue weighted by Crippen LogP contribution is -1.88. The number of ether oxygens (including phenoxy) is 1. The van der Waals surface area contributed by atoms with E-state index in [-0.39, 0.29) is 0 Å². The highest BCUT2D eigenvalue weighted by molar-refractivity contribution is 5.53. The molecule has 1 rings (SSSR count). The number of aliphatic imine (C=N–C) groups is 1. The molecule has 0 unspecified atom stereocenters.